The minimum absolute atomic E-state index is 0. The van der Waals surface area contributed by atoms with Crippen molar-refractivity contribution >= 4 is 39.8 Å². The summed E-state index contributed by atoms with van der Waals surface area (Å²) in [4.78, 5) is 4.74. The third kappa shape index (κ3) is 6.60. The van der Waals surface area contributed by atoms with Crippen LogP contribution in [-0.2, 0) is 14.6 Å². The molecule has 2 saturated heterocycles. The molecular weight excluding hydrogens is 477 g/mol. The Morgan fingerprint density at radius 3 is 2.70 bits per heavy atom. The molecule has 1 aromatic carbocycles. The number of guanidine groups is 1. The lowest BCUT2D eigenvalue weighted by molar-refractivity contribution is -0.0250. The molecule has 2 N–H and O–H groups in total. The van der Waals surface area contributed by atoms with Crippen LogP contribution in [0.2, 0.25) is 0 Å². The Bertz CT molecular complexity index is 712. The summed E-state index contributed by atoms with van der Waals surface area (Å²) in [5.41, 5.74) is 1.20. The first-order valence-corrected chi connectivity index (χ1v) is 11.3. The molecular formula is C19H30IN3O3S. The monoisotopic (exact) mass is 507 g/mol. The Balaban J connectivity index is 0.00000261. The second-order valence-electron chi connectivity index (χ2n) is 7.07. The highest BCUT2D eigenvalue weighted by Crippen LogP contribution is 2.33. The number of ether oxygens (including phenoxy) is 1. The molecule has 2 aliphatic heterocycles. The molecule has 3 rings (SSSR count). The van der Waals surface area contributed by atoms with Crippen molar-refractivity contribution in [2.75, 3.05) is 31.2 Å². The third-order valence-corrected chi connectivity index (χ3v) is 6.74. The van der Waals surface area contributed by atoms with E-state index in [-0.39, 0.29) is 47.6 Å². The fraction of sp³-hybridized carbons (Fsp3) is 0.632. The summed E-state index contributed by atoms with van der Waals surface area (Å²) in [6, 6.07) is 10.3. The van der Waals surface area contributed by atoms with E-state index < -0.39 is 9.84 Å². The molecule has 3 unspecified atom stereocenters. The Kier molecular flexibility index (Phi) is 8.81. The van der Waals surface area contributed by atoms with Crippen molar-refractivity contribution in [2.24, 2.45) is 10.9 Å². The molecule has 0 amide bonds. The first-order chi connectivity index (χ1) is 12.6. The minimum Gasteiger partial charge on any atom is -0.373 e. The number of aliphatic imine (C=N–C) groups is 1. The highest BCUT2D eigenvalue weighted by Gasteiger charge is 2.29. The molecule has 0 spiro atoms. The molecule has 3 atom stereocenters. The van der Waals surface area contributed by atoms with E-state index in [1.807, 2.05) is 25.1 Å². The Morgan fingerprint density at radius 2 is 2.04 bits per heavy atom. The predicted octanol–water partition coefficient (Wildman–Crippen LogP) is 2.51. The molecule has 6 nitrogen and oxygen atoms in total. The lowest BCUT2D eigenvalue weighted by atomic mass is 9.89. The molecule has 2 aliphatic rings. The first-order valence-electron chi connectivity index (χ1n) is 9.49. The minimum atomic E-state index is -2.90. The van der Waals surface area contributed by atoms with E-state index in [2.05, 4.69) is 22.8 Å². The number of nitrogens with zero attached hydrogens (tertiary/aromatic N) is 1. The summed E-state index contributed by atoms with van der Waals surface area (Å²) >= 11 is 0. The van der Waals surface area contributed by atoms with Crippen LogP contribution in [0.4, 0.5) is 0 Å². The van der Waals surface area contributed by atoms with E-state index in [1.54, 1.807) is 0 Å². The van der Waals surface area contributed by atoms with Crippen LogP contribution in [-0.4, -0.2) is 51.6 Å². The van der Waals surface area contributed by atoms with E-state index in [9.17, 15) is 8.42 Å². The molecule has 0 radical (unpaired) electrons. The fourth-order valence-corrected chi connectivity index (χ4v) is 5.35. The number of hydrogen-bond donors (Lipinski definition) is 2. The van der Waals surface area contributed by atoms with Crippen LogP contribution in [0.1, 0.15) is 37.9 Å². The quantitative estimate of drug-likeness (QED) is 0.364. The van der Waals surface area contributed by atoms with Gasteiger partial charge < -0.3 is 15.4 Å². The van der Waals surface area contributed by atoms with Gasteiger partial charge in [0, 0.05) is 31.7 Å². The van der Waals surface area contributed by atoms with Crippen LogP contribution in [0, 0.1) is 5.92 Å². The molecule has 0 bridgehead atoms. The standard InChI is InChI=1S/C19H29N3O3S.HI/c1-2-20-19(22-17-10-12-26(23,24)14-17)21-13-16-9-6-11-25-18(16)15-7-4-3-5-8-15;/h3-5,7-8,16-18H,2,6,9-14H2,1H3,(H2,20,21,22);1H. The van der Waals surface area contributed by atoms with Gasteiger partial charge in [0.25, 0.3) is 0 Å². The van der Waals surface area contributed by atoms with E-state index in [0.717, 1.165) is 26.0 Å². The summed E-state index contributed by atoms with van der Waals surface area (Å²) < 4.78 is 29.4. The van der Waals surface area contributed by atoms with E-state index >= 15 is 0 Å². The van der Waals surface area contributed by atoms with Crippen molar-refractivity contribution in [1.82, 2.24) is 10.6 Å². The van der Waals surface area contributed by atoms with Gasteiger partial charge >= 0.3 is 0 Å². The van der Waals surface area contributed by atoms with Gasteiger partial charge in [0.15, 0.2) is 15.8 Å². The summed E-state index contributed by atoms with van der Waals surface area (Å²) in [7, 11) is -2.90. The van der Waals surface area contributed by atoms with Crippen LogP contribution >= 0.6 is 24.0 Å². The van der Waals surface area contributed by atoms with E-state index in [4.69, 9.17) is 9.73 Å². The molecule has 0 aromatic heterocycles. The van der Waals surface area contributed by atoms with Gasteiger partial charge in [0.1, 0.15) is 0 Å². The molecule has 152 valence electrons. The highest BCUT2D eigenvalue weighted by molar-refractivity contribution is 14.0. The van der Waals surface area contributed by atoms with Crippen molar-refractivity contribution in [3.63, 3.8) is 0 Å². The third-order valence-electron chi connectivity index (χ3n) is 4.97. The number of hydrogen-bond acceptors (Lipinski definition) is 4. The number of benzene rings is 1. The summed E-state index contributed by atoms with van der Waals surface area (Å²) in [6.45, 7) is 4.21. The normalized spacial score (nSPS) is 27.6. The molecule has 0 aliphatic carbocycles. The SMILES string of the molecule is CCNC(=NCC1CCCOC1c1ccccc1)NC1CCS(=O)(=O)C1.I. The van der Waals surface area contributed by atoms with Crippen LogP contribution in [0.5, 0.6) is 0 Å². The van der Waals surface area contributed by atoms with Crippen molar-refractivity contribution < 1.29 is 13.2 Å². The maximum atomic E-state index is 11.7. The number of nitrogens with one attached hydrogen (secondary N) is 2. The van der Waals surface area contributed by atoms with E-state index in [1.165, 1.54) is 5.56 Å². The Hall–Kier alpha value is -0.870. The number of rotatable bonds is 5. The van der Waals surface area contributed by atoms with Gasteiger partial charge in [-0.25, -0.2) is 8.42 Å². The molecule has 2 heterocycles. The molecule has 0 saturated carbocycles. The zero-order chi connectivity index (χ0) is 18.4. The number of halogens is 1. The number of sulfone groups is 1. The largest absolute Gasteiger partial charge is 0.373 e. The van der Waals surface area contributed by atoms with Gasteiger partial charge in [-0.2, -0.15) is 0 Å². The summed E-state index contributed by atoms with van der Waals surface area (Å²) in [6.07, 6.45) is 2.85. The first kappa shape index (κ1) is 22.4. The second-order valence-corrected chi connectivity index (χ2v) is 9.30. The van der Waals surface area contributed by atoms with Gasteiger partial charge in [-0.15, -0.1) is 24.0 Å². The smallest absolute Gasteiger partial charge is 0.191 e. The van der Waals surface area contributed by atoms with Crippen LogP contribution < -0.4 is 10.6 Å². The lowest BCUT2D eigenvalue weighted by Crippen LogP contribution is -2.44. The highest BCUT2D eigenvalue weighted by atomic mass is 127. The van der Waals surface area contributed by atoms with Gasteiger partial charge in [0.2, 0.25) is 0 Å². The fourth-order valence-electron chi connectivity index (χ4n) is 3.67. The summed E-state index contributed by atoms with van der Waals surface area (Å²) in [5.74, 6) is 1.48. The van der Waals surface area contributed by atoms with Crippen molar-refractivity contribution in [1.29, 1.82) is 0 Å². The average Bonchev–Trinajstić information content (AvgIpc) is 2.99. The maximum Gasteiger partial charge on any atom is 0.191 e. The van der Waals surface area contributed by atoms with Crippen LogP contribution in [0.25, 0.3) is 0 Å². The summed E-state index contributed by atoms with van der Waals surface area (Å²) in [5, 5.41) is 6.52. The van der Waals surface area contributed by atoms with Crippen molar-refractivity contribution in [2.45, 2.75) is 38.3 Å². The average molecular weight is 507 g/mol. The Labute approximate surface area is 179 Å². The van der Waals surface area contributed by atoms with Crippen LogP contribution in [0.15, 0.2) is 35.3 Å². The van der Waals surface area contributed by atoms with E-state index in [0.29, 0.717) is 24.8 Å². The molecule has 27 heavy (non-hydrogen) atoms. The lowest BCUT2D eigenvalue weighted by Gasteiger charge is -2.31. The van der Waals surface area contributed by atoms with Gasteiger partial charge in [-0.1, -0.05) is 30.3 Å². The molecule has 8 heteroatoms. The zero-order valence-electron chi connectivity index (χ0n) is 15.8. The Morgan fingerprint density at radius 1 is 1.26 bits per heavy atom. The van der Waals surface area contributed by atoms with Crippen molar-refractivity contribution in [3.8, 4) is 0 Å². The molecule has 2 fully saturated rings. The second kappa shape index (κ2) is 10.6. The topological polar surface area (TPSA) is 79.8 Å². The predicted molar refractivity (Wildman–Crippen MR) is 119 cm³/mol. The van der Waals surface area contributed by atoms with Crippen molar-refractivity contribution in [3.05, 3.63) is 35.9 Å². The zero-order valence-corrected chi connectivity index (χ0v) is 18.9. The van der Waals surface area contributed by atoms with Crippen LogP contribution in [0.3, 0.4) is 0 Å². The van der Waals surface area contributed by atoms with Gasteiger partial charge in [-0.05, 0) is 31.7 Å². The van der Waals surface area contributed by atoms with Gasteiger partial charge in [0.05, 0.1) is 17.6 Å². The molecule has 1 aromatic rings. The van der Waals surface area contributed by atoms with Gasteiger partial charge in [-0.3, -0.25) is 4.99 Å². The maximum absolute atomic E-state index is 11.7.